The van der Waals surface area contributed by atoms with Gasteiger partial charge in [0.15, 0.2) is 0 Å². The van der Waals surface area contributed by atoms with Gasteiger partial charge in [0.2, 0.25) is 0 Å². The number of hydrogen-bond donors (Lipinski definition) is 0. The van der Waals surface area contributed by atoms with E-state index in [1.807, 2.05) is 0 Å². The van der Waals surface area contributed by atoms with Crippen molar-refractivity contribution in [1.82, 2.24) is 0 Å². The molecule has 0 aliphatic heterocycles. The van der Waals surface area contributed by atoms with E-state index in [4.69, 9.17) is 17.0 Å². The van der Waals surface area contributed by atoms with E-state index in [9.17, 15) is 0 Å². The quantitative estimate of drug-likeness (QED) is 0.0560. The van der Waals surface area contributed by atoms with Crippen LogP contribution in [0.25, 0.3) is 34.4 Å². The summed E-state index contributed by atoms with van der Waals surface area (Å²) in [6.07, 6.45) is 59.0. The average Bonchev–Trinajstić information content (AvgIpc) is 1.56. The number of allylic oxidation sites excluding steroid dienone is 2. The van der Waals surface area contributed by atoms with E-state index in [2.05, 4.69) is 283 Å². The summed E-state index contributed by atoms with van der Waals surface area (Å²) >= 11 is -0.826. The van der Waals surface area contributed by atoms with Crippen LogP contribution < -0.4 is 0 Å². The van der Waals surface area contributed by atoms with Gasteiger partial charge in [0.05, 0.1) is 8.07 Å². The molecule has 8 fully saturated rings. The fourth-order valence-electron chi connectivity index (χ4n) is 28.9. The summed E-state index contributed by atoms with van der Waals surface area (Å²) in [5.41, 5.74) is 30.3. The van der Waals surface area contributed by atoms with Gasteiger partial charge in [-0.05, 0) is 294 Å². The second kappa shape index (κ2) is 42.5. The summed E-state index contributed by atoms with van der Waals surface area (Å²) in [7, 11) is 7.25. The van der Waals surface area contributed by atoms with Crippen LogP contribution in [-0.4, -0.2) is 16.9 Å². The predicted molar refractivity (Wildman–Crippen MR) is 547 cm³/mol. The molecule has 10 aliphatic carbocycles. The molecule has 6 aromatic carbocycles. The first kappa shape index (κ1) is 100. The van der Waals surface area contributed by atoms with Gasteiger partial charge < -0.3 is 14.9 Å². The molecule has 0 bridgehead atoms. The summed E-state index contributed by atoms with van der Waals surface area (Å²) in [5.74, 6) is 7.18. The molecule has 16 rings (SSSR count). The summed E-state index contributed by atoms with van der Waals surface area (Å²) in [4.78, 5) is 0. The Morgan fingerprint density at radius 2 is 0.732 bits per heavy atom. The third-order valence-electron chi connectivity index (χ3n) is 35.6. The topological polar surface area (TPSA) is 0 Å². The third-order valence-corrected chi connectivity index (χ3v) is 43.0. The Kier molecular flexibility index (Phi) is 34.6. The molecule has 123 heavy (non-hydrogen) atoms. The molecular formula is C118H176Cl2Si2Zr. The molecule has 674 valence electrons. The molecule has 10 aliphatic rings. The van der Waals surface area contributed by atoms with Gasteiger partial charge in [-0.15, -0.1) is 0 Å². The molecule has 8 saturated carbocycles. The Morgan fingerprint density at radius 1 is 0.390 bits per heavy atom. The first-order valence-electron chi connectivity index (χ1n) is 50.7. The van der Waals surface area contributed by atoms with Crippen molar-refractivity contribution in [3.8, 4) is 22.3 Å². The van der Waals surface area contributed by atoms with Crippen LogP contribution in [0.1, 0.15) is 415 Å². The van der Waals surface area contributed by atoms with Crippen molar-refractivity contribution in [2.75, 3.05) is 0 Å². The van der Waals surface area contributed by atoms with Crippen LogP contribution in [-0.2, 0) is 48.9 Å². The van der Waals surface area contributed by atoms with Crippen LogP contribution in [0.5, 0.6) is 0 Å². The number of halogens is 2. The molecule has 0 amide bonds. The van der Waals surface area contributed by atoms with Crippen LogP contribution >= 0.6 is 17.0 Å². The summed E-state index contributed by atoms with van der Waals surface area (Å²) in [5, 5.41) is 0. The Balaban J connectivity index is 0.000000193. The number of benzene rings is 6. The van der Waals surface area contributed by atoms with E-state index in [1.54, 1.807) is 53.5 Å². The van der Waals surface area contributed by atoms with Crippen molar-refractivity contribution >= 4 is 46.0 Å². The van der Waals surface area contributed by atoms with Crippen molar-refractivity contribution in [1.29, 1.82) is 0 Å². The molecule has 0 nitrogen and oxygen atoms in total. The van der Waals surface area contributed by atoms with Crippen LogP contribution in [0, 0.1) is 72.0 Å². The molecule has 0 radical (unpaired) electrons. The van der Waals surface area contributed by atoms with E-state index in [-0.39, 0.29) is 36.5 Å². The number of rotatable bonds is 19. The first-order chi connectivity index (χ1) is 57.6. The van der Waals surface area contributed by atoms with Gasteiger partial charge in [-0.3, -0.25) is 0 Å². The minimum absolute atomic E-state index is 0. The predicted octanol–water partition coefficient (Wildman–Crippen LogP) is 37.5. The second-order valence-corrected chi connectivity index (χ2v) is 59.5. The van der Waals surface area contributed by atoms with Gasteiger partial charge in [0.25, 0.3) is 0 Å². The van der Waals surface area contributed by atoms with Crippen molar-refractivity contribution in [3.63, 3.8) is 0 Å². The molecule has 6 aromatic rings. The van der Waals surface area contributed by atoms with Gasteiger partial charge in [-0.2, -0.15) is 0 Å². The van der Waals surface area contributed by atoms with E-state index in [1.165, 1.54) is 267 Å². The Hall–Kier alpha value is -3.30. The maximum absolute atomic E-state index is 4.93. The molecule has 0 aromatic heterocycles. The minimum atomic E-state index is -1.77. The third kappa shape index (κ3) is 23.1. The van der Waals surface area contributed by atoms with Crippen LogP contribution in [0.3, 0.4) is 0 Å². The van der Waals surface area contributed by atoms with Crippen LogP contribution in [0.2, 0.25) is 37.3 Å². The molecule has 0 saturated heterocycles. The SMILES string of the molecule is CCC1(CC2=Cc3c(-c4ccc(C(C)(C)C)cc4)cccc3C2[SiH](C)C)CCCCC1.CCC1(CC2=Cc3c(cccc3-c3ccc(C(C)(C)C)cc3)C2)CCCCC1.CCC1(CC2CC3C(c4ccc(C(C)(C)C)cc4)CCCC3C2[Si](C)(C)C2C(CC3(CC)CCCCC3)CC3C(c4ccc(C(C)(C)C)cc4)CCCC32)CCCCC1.[CH3-].[CH3-].[Cl][Zr+2][Cl]. The molecule has 0 spiro atoms. The summed E-state index contributed by atoms with van der Waals surface area (Å²) < 4.78 is 0. The normalized spacial score (nSPS) is 26.3. The van der Waals surface area contributed by atoms with E-state index in [0.29, 0.717) is 27.2 Å². The van der Waals surface area contributed by atoms with Crippen molar-refractivity contribution in [2.45, 2.75) is 425 Å². The number of fused-ring (bicyclic) bond motifs is 4. The second-order valence-electron chi connectivity index (χ2n) is 47.6. The molecule has 11 unspecified atom stereocenters. The van der Waals surface area contributed by atoms with Gasteiger partial charge in [-0.25, -0.2) is 0 Å². The van der Waals surface area contributed by atoms with E-state index >= 15 is 0 Å². The van der Waals surface area contributed by atoms with E-state index < -0.39 is 37.7 Å². The Morgan fingerprint density at radius 3 is 1.09 bits per heavy atom. The summed E-state index contributed by atoms with van der Waals surface area (Å²) in [6, 6.07) is 53.1. The van der Waals surface area contributed by atoms with Gasteiger partial charge >= 0.3 is 37.9 Å². The zero-order valence-corrected chi connectivity index (χ0v) is 88.8. The fraction of sp³-hybridized carbons (Fsp3) is 0.644. The van der Waals surface area contributed by atoms with Gasteiger partial charge in [0.1, 0.15) is 0 Å². The maximum atomic E-state index is 4.93. The van der Waals surface area contributed by atoms with Gasteiger partial charge in [-0.1, -0.05) is 422 Å². The van der Waals surface area contributed by atoms with Crippen molar-refractivity contribution < 1.29 is 20.8 Å². The molecular weight excluding hydrogens is 1640 g/mol. The van der Waals surface area contributed by atoms with E-state index in [0.717, 1.165) is 64.8 Å². The van der Waals surface area contributed by atoms with Crippen LogP contribution in [0.4, 0.5) is 0 Å². The standard InChI is InChI=1S/C58H92Si.C30H42Si.C28H36.2CH3.2ClH.Zr/c1-11-57(33-15-13-16-34-57)39-43-37-51-47(41-25-29-45(30-26-41)55(3,4)5)21-19-23-49(51)53(43)59(9,10)54-44(40-58(12-2)35-17-14-18-36-58)38-52-48(22-20-24-50(52)54)42-27-31-46(32-28-42)56(6,7)8;1-7-30(18-9-8-10-19-30)21-23-20-27-25(12-11-13-26(27)28(23)31(5)6)22-14-16-24(17-15-22)29(2,3)4;1-5-28(16-7-6-8-17-28)20-21-18-23-10-9-11-25(26(23)19-21)22-12-14-24(15-13-22)27(2,3)4;;;;;/h25-32,43-44,47-54H,11-24,33-40H2,1-10H3;11-17,20,28,31H,7-10,18-19,21H2,1-6H3;9-15,19H,5-8,16-18,20H2,1-4H3;2*1H3;2*1H;/q;;;2*-1;;;+4/p-2. The van der Waals surface area contributed by atoms with Gasteiger partial charge in [0, 0.05) is 8.80 Å². The molecule has 0 N–H and O–H groups in total. The summed E-state index contributed by atoms with van der Waals surface area (Å²) in [6.45, 7) is 49.4. The molecule has 5 heteroatoms. The zero-order chi connectivity index (χ0) is 86.5. The Bertz CT molecular complexity index is 4220. The average molecular weight is 1810 g/mol. The Labute approximate surface area is 779 Å². The molecule has 0 heterocycles. The monoisotopic (exact) mass is 1810 g/mol. The van der Waals surface area contributed by atoms with Crippen LogP contribution in [0.15, 0.2) is 145 Å². The zero-order valence-electron chi connectivity index (χ0n) is 82.7. The first-order valence-corrected chi connectivity index (χ1v) is 63.1. The van der Waals surface area contributed by atoms with Crippen molar-refractivity contribution in [3.05, 3.63) is 215 Å². The van der Waals surface area contributed by atoms with Crippen molar-refractivity contribution in [2.24, 2.45) is 57.2 Å². The number of hydrogen-bond acceptors (Lipinski definition) is 0. The fourth-order valence-corrected chi connectivity index (χ4v) is 37.3. The molecule has 11 atom stereocenters.